The third-order valence-electron chi connectivity index (χ3n) is 7.04. The van der Waals surface area contributed by atoms with Crippen molar-refractivity contribution in [2.24, 2.45) is 5.92 Å². The molecule has 150 valence electrons. The molecule has 2 aliphatic carbocycles. The summed E-state index contributed by atoms with van der Waals surface area (Å²) in [6, 6.07) is 16.5. The van der Waals surface area contributed by atoms with Gasteiger partial charge in [0.05, 0.1) is 0 Å². The van der Waals surface area contributed by atoms with Crippen LogP contribution in [-0.2, 0) is 18.3 Å². The van der Waals surface area contributed by atoms with Crippen LogP contribution in [0.25, 0.3) is 0 Å². The van der Waals surface area contributed by atoms with Crippen molar-refractivity contribution in [1.82, 2.24) is 0 Å². The van der Waals surface area contributed by atoms with Crippen molar-refractivity contribution in [2.45, 2.75) is 69.1 Å². The Morgan fingerprint density at radius 2 is 1.82 bits per heavy atom. The van der Waals surface area contributed by atoms with E-state index in [9.17, 15) is 18.3 Å². The van der Waals surface area contributed by atoms with E-state index in [1.54, 1.807) is 0 Å². The zero-order chi connectivity index (χ0) is 20.0. The lowest BCUT2D eigenvalue weighted by atomic mass is 9.56. The van der Waals surface area contributed by atoms with Gasteiger partial charge < -0.3 is 5.11 Å². The zero-order valence-corrected chi connectivity index (χ0v) is 16.2. The van der Waals surface area contributed by atoms with Gasteiger partial charge in [0, 0.05) is 5.41 Å². The zero-order valence-electron chi connectivity index (χ0n) is 16.2. The number of fused-ring (bicyclic) bond motifs is 3. The first-order valence-electron chi connectivity index (χ1n) is 10.2. The topological polar surface area (TPSA) is 20.2 Å². The van der Waals surface area contributed by atoms with Crippen LogP contribution in [0.15, 0.2) is 48.5 Å². The fourth-order valence-electron chi connectivity index (χ4n) is 5.57. The summed E-state index contributed by atoms with van der Waals surface area (Å²) < 4.78 is 40.9. The molecule has 0 bridgehead atoms. The number of hydrogen-bond acceptors (Lipinski definition) is 1. The number of aryl methyl sites for hydroxylation is 2. The summed E-state index contributed by atoms with van der Waals surface area (Å²) in [6.45, 7) is 2.07. The molecular formula is C24H27F3O. The highest BCUT2D eigenvalue weighted by Crippen LogP contribution is 2.56. The highest BCUT2D eigenvalue weighted by atomic mass is 19.4. The van der Waals surface area contributed by atoms with Crippen LogP contribution in [0.5, 0.6) is 0 Å². The summed E-state index contributed by atoms with van der Waals surface area (Å²) in [6.07, 6.45) is -1.43. The Bertz CT molecular complexity index is 845. The maximum absolute atomic E-state index is 13.6. The maximum Gasteiger partial charge on any atom is 0.417 e. The van der Waals surface area contributed by atoms with Crippen LogP contribution in [0.3, 0.4) is 0 Å². The summed E-state index contributed by atoms with van der Waals surface area (Å²) in [5, 5.41) is 10.5. The predicted molar refractivity (Wildman–Crippen MR) is 104 cm³/mol. The Morgan fingerprint density at radius 1 is 1.07 bits per heavy atom. The third kappa shape index (κ3) is 3.26. The first kappa shape index (κ1) is 19.5. The van der Waals surface area contributed by atoms with E-state index in [2.05, 4.69) is 37.3 Å². The molecule has 1 N–H and O–H groups in total. The summed E-state index contributed by atoms with van der Waals surface area (Å²) in [4.78, 5) is 0. The second-order valence-electron chi connectivity index (χ2n) is 8.80. The first-order valence-corrected chi connectivity index (χ1v) is 10.2. The maximum atomic E-state index is 13.6. The van der Waals surface area contributed by atoms with Crippen LogP contribution in [-0.4, -0.2) is 16.9 Å². The minimum absolute atomic E-state index is 0.183. The molecule has 0 saturated heterocycles. The van der Waals surface area contributed by atoms with Crippen LogP contribution in [0, 0.1) is 12.8 Å². The van der Waals surface area contributed by atoms with E-state index >= 15 is 0 Å². The number of benzene rings is 2. The largest absolute Gasteiger partial charge is 0.417 e. The molecule has 28 heavy (non-hydrogen) atoms. The highest BCUT2D eigenvalue weighted by Gasteiger charge is 2.60. The number of hydrogen-bond donors (Lipinski definition) is 1. The lowest BCUT2D eigenvalue weighted by Crippen LogP contribution is -2.55. The molecule has 2 aliphatic rings. The number of alkyl halides is 3. The number of aliphatic hydroxyl groups is 1. The van der Waals surface area contributed by atoms with Gasteiger partial charge in [0.15, 0.2) is 5.60 Å². The van der Waals surface area contributed by atoms with Gasteiger partial charge in [-0.3, -0.25) is 0 Å². The quantitative estimate of drug-likeness (QED) is 0.679. The third-order valence-corrected chi connectivity index (χ3v) is 7.04. The molecule has 0 aromatic heterocycles. The summed E-state index contributed by atoms with van der Waals surface area (Å²) in [7, 11) is 0. The molecule has 4 rings (SSSR count). The van der Waals surface area contributed by atoms with Gasteiger partial charge in [0.1, 0.15) is 0 Å². The van der Waals surface area contributed by atoms with Crippen molar-refractivity contribution in [1.29, 1.82) is 0 Å². The SMILES string of the molecule is Cc1ccc2c(c1)CCC[C@@H]1C[C@@](O)(C(F)(F)F)CC[C@@]21Cc1ccccc1. The summed E-state index contributed by atoms with van der Waals surface area (Å²) in [5.74, 6) is -0.183. The molecule has 2 aromatic carbocycles. The van der Waals surface area contributed by atoms with E-state index < -0.39 is 11.8 Å². The molecule has 0 radical (unpaired) electrons. The fraction of sp³-hybridized carbons (Fsp3) is 0.500. The van der Waals surface area contributed by atoms with Gasteiger partial charge in [0.2, 0.25) is 0 Å². The van der Waals surface area contributed by atoms with E-state index in [1.165, 1.54) is 16.7 Å². The molecule has 0 aliphatic heterocycles. The van der Waals surface area contributed by atoms with E-state index in [0.29, 0.717) is 6.42 Å². The van der Waals surface area contributed by atoms with E-state index in [-0.39, 0.29) is 24.2 Å². The highest BCUT2D eigenvalue weighted by molar-refractivity contribution is 5.42. The smallest absolute Gasteiger partial charge is 0.380 e. The normalized spacial score (nSPS) is 30.2. The second-order valence-corrected chi connectivity index (χ2v) is 8.80. The number of rotatable bonds is 2. The average Bonchev–Trinajstić information content (AvgIpc) is 2.78. The Morgan fingerprint density at radius 3 is 2.54 bits per heavy atom. The van der Waals surface area contributed by atoms with Gasteiger partial charge in [0.25, 0.3) is 0 Å². The van der Waals surface area contributed by atoms with E-state index in [1.807, 2.05) is 18.2 Å². The van der Waals surface area contributed by atoms with Gasteiger partial charge in [-0.25, -0.2) is 0 Å². The molecule has 4 heteroatoms. The average molecular weight is 388 g/mol. The molecule has 0 amide bonds. The van der Waals surface area contributed by atoms with Crippen LogP contribution < -0.4 is 0 Å². The van der Waals surface area contributed by atoms with Gasteiger partial charge >= 0.3 is 6.18 Å². The van der Waals surface area contributed by atoms with Gasteiger partial charge in [-0.05, 0) is 74.5 Å². The second kappa shape index (κ2) is 6.91. The van der Waals surface area contributed by atoms with Crippen LogP contribution in [0.4, 0.5) is 13.2 Å². The molecule has 0 spiro atoms. The summed E-state index contributed by atoms with van der Waals surface area (Å²) in [5.41, 5.74) is 1.91. The van der Waals surface area contributed by atoms with Gasteiger partial charge in [-0.1, -0.05) is 54.1 Å². The molecule has 0 unspecified atom stereocenters. The minimum atomic E-state index is -4.58. The lowest BCUT2D eigenvalue weighted by molar-refractivity contribution is -0.279. The van der Waals surface area contributed by atoms with Crippen molar-refractivity contribution in [3.05, 3.63) is 70.8 Å². The van der Waals surface area contributed by atoms with Crippen molar-refractivity contribution in [2.75, 3.05) is 0 Å². The van der Waals surface area contributed by atoms with Crippen molar-refractivity contribution in [3.8, 4) is 0 Å². The monoisotopic (exact) mass is 388 g/mol. The molecule has 3 atom stereocenters. The van der Waals surface area contributed by atoms with E-state index in [0.717, 1.165) is 31.2 Å². The number of halogens is 3. The van der Waals surface area contributed by atoms with Crippen LogP contribution in [0.2, 0.25) is 0 Å². The Hall–Kier alpha value is -1.81. The Kier molecular flexibility index (Phi) is 4.81. The molecular weight excluding hydrogens is 361 g/mol. The van der Waals surface area contributed by atoms with Gasteiger partial charge in [-0.2, -0.15) is 13.2 Å². The van der Waals surface area contributed by atoms with Crippen molar-refractivity contribution >= 4 is 0 Å². The lowest BCUT2D eigenvalue weighted by Gasteiger charge is -2.50. The predicted octanol–water partition coefficient (Wildman–Crippen LogP) is 5.91. The van der Waals surface area contributed by atoms with Crippen molar-refractivity contribution in [3.63, 3.8) is 0 Å². The summed E-state index contributed by atoms with van der Waals surface area (Å²) >= 11 is 0. The van der Waals surface area contributed by atoms with Gasteiger partial charge in [-0.15, -0.1) is 0 Å². The molecule has 0 heterocycles. The molecule has 1 saturated carbocycles. The van der Waals surface area contributed by atoms with Crippen molar-refractivity contribution < 1.29 is 18.3 Å². The Balaban J connectivity index is 1.82. The standard InChI is InChI=1S/C24H27F3O/c1-17-10-11-21-19(14-17)8-5-9-20-16-23(28,24(25,26)27)13-12-22(20,21)15-18-6-3-2-4-7-18/h2-4,6-7,10-11,14,20,28H,5,8-9,12-13,15-16H2,1H3/t20-,22+,23-/m1/s1. The fourth-order valence-corrected chi connectivity index (χ4v) is 5.57. The molecule has 2 aromatic rings. The first-order chi connectivity index (χ1) is 13.2. The molecule has 1 nitrogen and oxygen atoms in total. The minimum Gasteiger partial charge on any atom is -0.380 e. The Labute approximate surface area is 164 Å². The molecule has 1 fully saturated rings. The van der Waals surface area contributed by atoms with Crippen LogP contribution >= 0.6 is 0 Å². The van der Waals surface area contributed by atoms with Crippen LogP contribution in [0.1, 0.15) is 54.4 Å². The van der Waals surface area contributed by atoms with E-state index in [4.69, 9.17) is 0 Å².